The van der Waals surface area contributed by atoms with Crippen LogP contribution < -0.4 is 0 Å². The summed E-state index contributed by atoms with van der Waals surface area (Å²) in [4.78, 5) is 13.1. The highest BCUT2D eigenvalue weighted by Gasteiger charge is 2.23. The van der Waals surface area contributed by atoms with Crippen molar-refractivity contribution in [2.75, 3.05) is 13.7 Å². The van der Waals surface area contributed by atoms with E-state index in [0.29, 0.717) is 33.2 Å². The molecule has 0 unspecified atom stereocenters. The molecule has 0 spiro atoms. The van der Waals surface area contributed by atoms with Crippen LogP contribution in [0.1, 0.15) is 20.9 Å². The zero-order valence-corrected chi connectivity index (χ0v) is 13.6. The molecule has 2 rings (SSSR count). The fourth-order valence-corrected chi connectivity index (χ4v) is 3.32. The average Bonchev–Trinajstić information content (AvgIpc) is 2.91. The van der Waals surface area contributed by atoms with Crippen molar-refractivity contribution in [1.29, 1.82) is 0 Å². The normalized spacial score (nSPS) is 10.9. The largest absolute Gasteiger partial charge is 0.383 e. The van der Waals surface area contributed by atoms with Crippen molar-refractivity contribution < 1.29 is 9.53 Å². The van der Waals surface area contributed by atoms with Crippen LogP contribution in [0.2, 0.25) is 5.02 Å². The smallest absolute Gasteiger partial charge is 0.223 e. The van der Waals surface area contributed by atoms with Crippen molar-refractivity contribution in [3.63, 3.8) is 0 Å². The molecule has 0 aliphatic heterocycles. The lowest BCUT2D eigenvalue weighted by molar-refractivity contribution is 0.102. The molecule has 0 N–H and O–H groups in total. The summed E-state index contributed by atoms with van der Waals surface area (Å²) in [6.45, 7) is 2.89. The molecule has 0 amide bonds. The lowest BCUT2D eigenvalue weighted by Gasteiger charge is -2.06. The zero-order valence-electron chi connectivity index (χ0n) is 10.4. The molecular weight excluding hydrogens is 352 g/mol. The molecule has 2 aromatic heterocycles. The summed E-state index contributed by atoms with van der Waals surface area (Å²) in [5.74, 6) is -0.122. The summed E-state index contributed by atoms with van der Waals surface area (Å²) in [6.07, 6.45) is 1.61. The number of hydrogen-bond acceptors (Lipinski definition) is 4. The van der Waals surface area contributed by atoms with Crippen molar-refractivity contribution in [3.8, 4) is 0 Å². The number of carbonyl (C=O) groups excluding carboxylic acids is 1. The van der Waals surface area contributed by atoms with E-state index in [1.165, 1.54) is 11.3 Å². The molecule has 0 aliphatic carbocycles. The van der Waals surface area contributed by atoms with E-state index in [1.54, 1.807) is 18.0 Å². The quantitative estimate of drug-likeness (QED) is 0.763. The second-order valence-electron chi connectivity index (χ2n) is 3.95. The fraction of sp³-hybridized carbons (Fsp3) is 0.333. The Morgan fingerprint density at radius 2 is 2.37 bits per heavy atom. The van der Waals surface area contributed by atoms with Gasteiger partial charge >= 0.3 is 0 Å². The van der Waals surface area contributed by atoms with Crippen molar-refractivity contribution >= 4 is 44.7 Å². The van der Waals surface area contributed by atoms with Crippen LogP contribution >= 0.6 is 38.9 Å². The molecule has 0 aromatic carbocycles. The molecule has 19 heavy (non-hydrogen) atoms. The Morgan fingerprint density at radius 1 is 1.63 bits per heavy atom. The summed E-state index contributed by atoms with van der Waals surface area (Å²) >= 11 is 10.9. The molecule has 0 bridgehead atoms. The topological polar surface area (TPSA) is 44.1 Å². The lowest BCUT2D eigenvalue weighted by Crippen LogP contribution is -2.14. The number of halogens is 2. The van der Waals surface area contributed by atoms with Gasteiger partial charge in [0, 0.05) is 7.11 Å². The first-order chi connectivity index (χ1) is 9.06. The first-order valence-electron chi connectivity index (χ1n) is 5.54. The molecular formula is C12H12BrClN2O2S. The van der Waals surface area contributed by atoms with Gasteiger partial charge in [0.05, 0.1) is 33.7 Å². The van der Waals surface area contributed by atoms with Gasteiger partial charge in [-0.25, -0.2) is 0 Å². The van der Waals surface area contributed by atoms with Gasteiger partial charge in [0.1, 0.15) is 5.69 Å². The van der Waals surface area contributed by atoms with E-state index in [1.807, 2.05) is 12.3 Å². The molecule has 102 valence electrons. The highest BCUT2D eigenvalue weighted by molar-refractivity contribution is 9.10. The zero-order chi connectivity index (χ0) is 14.0. The number of ketones is 1. The fourth-order valence-electron chi connectivity index (χ4n) is 1.63. The van der Waals surface area contributed by atoms with Gasteiger partial charge in [-0.2, -0.15) is 5.10 Å². The van der Waals surface area contributed by atoms with Gasteiger partial charge in [0.2, 0.25) is 5.78 Å². The molecule has 7 heteroatoms. The van der Waals surface area contributed by atoms with Crippen molar-refractivity contribution in [2.45, 2.75) is 13.5 Å². The van der Waals surface area contributed by atoms with Gasteiger partial charge < -0.3 is 4.74 Å². The van der Waals surface area contributed by atoms with Gasteiger partial charge in [-0.1, -0.05) is 11.6 Å². The van der Waals surface area contributed by atoms with Crippen molar-refractivity contribution in [3.05, 3.63) is 37.2 Å². The van der Waals surface area contributed by atoms with Crippen molar-refractivity contribution in [1.82, 2.24) is 9.78 Å². The van der Waals surface area contributed by atoms with Crippen LogP contribution in [0.3, 0.4) is 0 Å². The Morgan fingerprint density at radius 3 is 2.95 bits per heavy atom. The van der Waals surface area contributed by atoms with E-state index in [-0.39, 0.29) is 5.78 Å². The van der Waals surface area contributed by atoms with Crippen molar-refractivity contribution in [2.24, 2.45) is 0 Å². The standard InChI is InChI=1S/C12H12BrClN2O2S/c1-7-6-19-12(9(7)14)11(17)10-8(13)5-15-16(10)3-4-18-2/h5-6H,3-4H2,1-2H3. The van der Waals surface area contributed by atoms with Crippen LogP contribution in [-0.4, -0.2) is 29.3 Å². The Labute approximate surface area is 128 Å². The summed E-state index contributed by atoms with van der Waals surface area (Å²) < 4.78 is 7.30. The Balaban J connectivity index is 2.38. The number of rotatable bonds is 5. The van der Waals surface area contributed by atoms with E-state index >= 15 is 0 Å². The van der Waals surface area contributed by atoms with Gasteiger partial charge in [-0.15, -0.1) is 11.3 Å². The predicted octanol–water partition coefficient (Wildman–Crippen LogP) is 3.55. The number of aryl methyl sites for hydroxylation is 1. The maximum Gasteiger partial charge on any atom is 0.223 e. The molecule has 0 atom stereocenters. The van der Waals surface area contributed by atoms with Gasteiger partial charge in [0.25, 0.3) is 0 Å². The first-order valence-corrected chi connectivity index (χ1v) is 7.59. The van der Waals surface area contributed by atoms with Gasteiger partial charge in [0.15, 0.2) is 0 Å². The number of aromatic nitrogens is 2. The molecule has 0 radical (unpaired) electrons. The molecule has 2 aromatic rings. The first kappa shape index (κ1) is 14.7. The van der Waals surface area contributed by atoms with E-state index in [9.17, 15) is 4.79 Å². The van der Waals surface area contributed by atoms with Crippen LogP contribution in [0, 0.1) is 6.92 Å². The monoisotopic (exact) mass is 362 g/mol. The number of hydrogen-bond donors (Lipinski definition) is 0. The predicted molar refractivity (Wildman–Crippen MR) is 79.3 cm³/mol. The Bertz CT molecular complexity index is 609. The third-order valence-electron chi connectivity index (χ3n) is 2.62. The second-order valence-corrected chi connectivity index (χ2v) is 6.06. The molecule has 0 saturated heterocycles. The minimum absolute atomic E-state index is 0.122. The van der Waals surface area contributed by atoms with Gasteiger partial charge in [-0.05, 0) is 33.8 Å². The second kappa shape index (κ2) is 6.17. The van der Waals surface area contributed by atoms with Crippen LogP contribution in [0.5, 0.6) is 0 Å². The van der Waals surface area contributed by atoms with E-state index in [4.69, 9.17) is 16.3 Å². The van der Waals surface area contributed by atoms with E-state index in [0.717, 1.165) is 5.56 Å². The SMILES string of the molecule is COCCn1ncc(Br)c1C(=O)c1scc(C)c1Cl. The summed E-state index contributed by atoms with van der Waals surface area (Å²) in [6, 6.07) is 0. The maximum atomic E-state index is 12.5. The average molecular weight is 364 g/mol. The van der Waals surface area contributed by atoms with Crippen LogP contribution in [0.25, 0.3) is 0 Å². The molecule has 0 aliphatic rings. The Hall–Kier alpha value is -0.690. The third-order valence-corrected chi connectivity index (χ3v) is 4.90. The minimum Gasteiger partial charge on any atom is -0.383 e. The third kappa shape index (κ3) is 2.91. The Kier molecular flexibility index (Phi) is 4.78. The number of ether oxygens (including phenoxy) is 1. The summed E-state index contributed by atoms with van der Waals surface area (Å²) in [5, 5.41) is 6.56. The summed E-state index contributed by atoms with van der Waals surface area (Å²) in [7, 11) is 1.61. The van der Waals surface area contributed by atoms with E-state index < -0.39 is 0 Å². The number of nitrogens with zero attached hydrogens (tertiary/aromatic N) is 2. The van der Waals surface area contributed by atoms with Crippen LogP contribution in [-0.2, 0) is 11.3 Å². The molecule has 2 heterocycles. The molecule has 4 nitrogen and oxygen atoms in total. The highest BCUT2D eigenvalue weighted by atomic mass is 79.9. The maximum absolute atomic E-state index is 12.5. The van der Waals surface area contributed by atoms with E-state index in [2.05, 4.69) is 21.0 Å². The lowest BCUT2D eigenvalue weighted by atomic mass is 10.2. The minimum atomic E-state index is -0.122. The number of carbonyl (C=O) groups is 1. The molecule has 0 saturated carbocycles. The molecule has 0 fully saturated rings. The summed E-state index contributed by atoms with van der Waals surface area (Å²) in [5.41, 5.74) is 1.41. The highest BCUT2D eigenvalue weighted by Crippen LogP contribution is 2.31. The number of methoxy groups -OCH3 is 1. The van der Waals surface area contributed by atoms with Crippen LogP contribution in [0.15, 0.2) is 16.0 Å². The van der Waals surface area contributed by atoms with Gasteiger partial charge in [-0.3, -0.25) is 9.48 Å². The number of thiophene rings is 1. The van der Waals surface area contributed by atoms with Crippen LogP contribution in [0.4, 0.5) is 0 Å².